The summed E-state index contributed by atoms with van der Waals surface area (Å²) >= 11 is 0. The van der Waals surface area contributed by atoms with E-state index in [1.165, 1.54) is 5.56 Å². The van der Waals surface area contributed by atoms with Gasteiger partial charge in [-0.3, -0.25) is 10.1 Å². The number of hydrogen-bond donors (Lipinski definition) is 2. The number of rotatable bonds is 10. The molecular weight excluding hydrogens is 478 g/mol. The van der Waals surface area contributed by atoms with Crippen molar-refractivity contribution < 1.29 is 19.1 Å². The molecule has 0 bridgehead atoms. The molecule has 3 aromatic carbocycles. The number of benzene rings is 3. The van der Waals surface area contributed by atoms with Gasteiger partial charge in [0.25, 0.3) is 0 Å². The maximum atomic E-state index is 12.0. The molecule has 2 N–H and O–H groups in total. The van der Waals surface area contributed by atoms with Crippen LogP contribution in [0.25, 0.3) is 0 Å². The lowest BCUT2D eigenvalue weighted by Crippen LogP contribution is -2.63. The first-order chi connectivity index (χ1) is 18.5. The molecule has 7 heteroatoms. The zero-order valence-corrected chi connectivity index (χ0v) is 22.3. The van der Waals surface area contributed by atoms with E-state index in [9.17, 15) is 9.59 Å². The first kappa shape index (κ1) is 28.9. The Labute approximate surface area is 226 Å². The van der Waals surface area contributed by atoms with Gasteiger partial charge in [-0.2, -0.15) is 0 Å². The Morgan fingerprint density at radius 2 is 1.55 bits per heavy atom. The van der Waals surface area contributed by atoms with Gasteiger partial charge in [0.05, 0.1) is 18.9 Å². The quantitative estimate of drug-likeness (QED) is 0.282. The summed E-state index contributed by atoms with van der Waals surface area (Å²) in [6.45, 7) is 6.34. The molecule has 1 fully saturated rings. The molecule has 1 aliphatic rings. The highest BCUT2D eigenvalue weighted by Gasteiger charge is 2.38. The first-order valence-electron chi connectivity index (χ1n) is 13.1. The molecule has 1 atom stereocenters. The molecule has 0 radical (unpaired) electrons. The first-order valence-corrected chi connectivity index (χ1v) is 13.1. The lowest BCUT2D eigenvalue weighted by molar-refractivity contribution is -0.133. The molecule has 3 aromatic rings. The SMILES string of the molecule is C[C@H](CCNC(=O)Oc1ccccc1)NC1(N(C=O)Cc2ccccc2)CCOCC1.Cc1ccccc1. The highest BCUT2D eigenvalue weighted by molar-refractivity contribution is 5.70. The second-order valence-electron chi connectivity index (χ2n) is 9.48. The summed E-state index contributed by atoms with van der Waals surface area (Å²) in [5.41, 5.74) is 1.93. The van der Waals surface area contributed by atoms with Crippen LogP contribution in [0, 0.1) is 6.92 Å². The largest absolute Gasteiger partial charge is 0.412 e. The zero-order chi connectivity index (χ0) is 27.1. The van der Waals surface area contributed by atoms with Crippen molar-refractivity contribution in [1.82, 2.24) is 15.5 Å². The minimum absolute atomic E-state index is 0.0772. The molecule has 7 nitrogen and oxygen atoms in total. The minimum Gasteiger partial charge on any atom is -0.410 e. The van der Waals surface area contributed by atoms with Gasteiger partial charge < -0.3 is 19.7 Å². The van der Waals surface area contributed by atoms with E-state index in [2.05, 4.69) is 36.6 Å². The fourth-order valence-corrected chi connectivity index (χ4v) is 4.38. The summed E-state index contributed by atoms with van der Waals surface area (Å²) in [6.07, 6.45) is 2.58. The van der Waals surface area contributed by atoms with Crippen LogP contribution in [0.4, 0.5) is 4.79 Å². The molecule has 0 spiro atoms. The third kappa shape index (κ3) is 9.65. The molecule has 1 saturated heterocycles. The van der Waals surface area contributed by atoms with E-state index in [4.69, 9.17) is 9.47 Å². The van der Waals surface area contributed by atoms with E-state index in [0.29, 0.717) is 51.3 Å². The van der Waals surface area contributed by atoms with Crippen LogP contribution in [0.2, 0.25) is 0 Å². The Hall–Kier alpha value is -3.68. The van der Waals surface area contributed by atoms with Crippen molar-refractivity contribution in [2.45, 2.75) is 51.4 Å². The number of ether oxygens (including phenoxy) is 2. The molecule has 1 heterocycles. The monoisotopic (exact) mass is 517 g/mol. The van der Waals surface area contributed by atoms with E-state index in [0.717, 1.165) is 12.0 Å². The number of carbonyl (C=O) groups is 2. The van der Waals surface area contributed by atoms with Crippen LogP contribution in [0.15, 0.2) is 91.0 Å². The summed E-state index contributed by atoms with van der Waals surface area (Å²) in [5, 5.41) is 6.44. The number of carbonyl (C=O) groups excluding carboxylic acids is 2. The van der Waals surface area contributed by atoms with Gasteiger partial charge in [0.15, 0.2) is 0 Å². The molecule has 2 amide bonds. The molecule has 202 valence electrons. The third-order valence-electron chi connectivity index (χ3n) is 6.45. The van der Waals surface area contributed by atoms with Crippen LogP contribution >= 0.6 is 0 Å². The fraction of sp³-hybridized carbons (Fsp3) is 0.355. The van der Waals surface area contributed by atoms with Gasteiger partial charge in [0, 0.05) is 32.0 Å². The van der Waals surface area contributed by atoms with Crippen molar-refractivity contribution in [2.24, 2.45) is 0 Å². The molecular formula is C31H39N3O4. The Kier molecular flexibility index (Phi) is 11.8. The second-order valence-corrected chi connectivity index (χ2v) is 9.48. The van der Waals surface area contributed by atoms with Gasteiger partial charge in [-0.1, -0.05) is 84.4 Å². The van der Waals surface area contributed by atoms with Crippen molar-refractivity contribution in [3.8, 4) is 5.75 Å². The predicted molar refractivity (Wildman–Crippen MR) is 150 cm³/mol. The van der Waals surface area contributed by atoms with Crippen molar-refractivity contribution >= 4 is 12.5 Å². The normalized spacial score (nSPS) is 14.8. The van der Waals surface area contributed by atoms with Crippen LogP contribution < -0.4 is 15.4 Å². The maximum absolute atomic E-state index is 12.0. The lowest BCUT2D eigenvalue weighted by atomic mass is 9.95. The Morgan fingerprint density at radius 3 is 2.11 bits per heavy atom. The summed E-state index contributed by atoms with van der Waals surface area (Å²) in [4.78, 5) is 25.9. The number of hydrogen-bond acceptors (Lipinski definition) is 5. The lowest BCUT2D eigenvalue weighted by Gasteiger charge is -2.46. The minimum atomic E-state index is -0.474. The number of nitrogens with one attached hydrogen (secondary N) is 2. The van der Waals surface area contributed by atoms with E-state index in [1.54, 1.807) is 12.1 Å². The number of aryl methyl sites for hydroxylation is 1. The topological polar surface area (TPSA) is 79.9 Å². The van der Waals surface area contributed by atoms with E-state index < -0.39 is 11.8 Å². The second kappa shape index (κ2) is 15.5. The molecule has 1 aliphatic heterocycles. The fourth-order valence-electron chi connectivity index (χ4n) is 4.38. The highest BCUT2D eigenvalue weighted by Crippen LogP contribution is 2.27. The zero-order valence-electron chi connectivity index (χ0n) is 22.3. The van der Waals surface area contributed by atoms with E-state index in [-0.39, 0.29) is 6.04 Å². The van der Waals surface area contributed by atoms with Crippen molar-refractivity contribution in [3.05, 3.63) is 102 Å². The Balaban J connectivity index is 0.000000494. The van der Waals surface area contributed by atoms with Crippen molar-refractivity contribution in [1.29, 1.82) is 0 Å². The number of nitrogens with zero attached hydrogens (tertiary/aromatic N) is 1. The number of amides is 2. The van der Waals surface area contributed by atoms with Crippen LogP contribution in [-0.4, -0.2) is 48.9 Å². The summed E-state index contributed by atoms with van der Waals surface area (Å²) < 4.78 is 10.8. The average molecular weight is 518 g/mol. The van der Waals surface area contributed by atoms with E-state index in [1.807, 2.05) is 71.6 Å². The Bertz CT molecular complexity index is 1070. The molecule has 0 aliphatic carbocycles. The predicted octanol–water partition coefficient (Wildman–Crippen LogP) is 5.30. The maximum Gasteiger partial charge on any atom is 0.412 e. The smallest absolute Gasteiger partial charge is 0.410 e. The van der Waals surface area contributed by atoms with Gasteiger partial charge in [-0.05, 0) is 38.0 Å². The molecule has 4 rings (SSSR count). The van der Waals surface area contributed by atoms with E-state index >= 15 is 0 Å². The van der Waals surface area contributed by atoms with Gasteiger partial charge in [-0.25, -0.2) is 4.79 Å². The van der Waals surface area contributed by atoms with Crippen molar-refractivity contribution in [3.63, 3.8) is 0 Å². The summed E-state index contributed by atoms with van der Waals surface area (Å²) in [5.74, 6) is 0.509. The van der Waals surface area contributed by atoms with Crippen LogP contribution in [0.5, 0.6) is 5.75 Å². The molecule has 0 unspecified atom stereocenters. The van der Waals surface area contributed by atoms with Gasteiger partial charge in [0.2, 0.25) is 6.41 Å². The molecule has 0 saturated carbocycles. The molecule has 0 aromatic heterocycles. The van der Waals surface area contributed by atoms with Crippen LogP contribution in [-0.2, 0) is 16.1 Å². The van der Waals surface area contributed by atoms with Gasteiger partial charge in [0.1, 0.15) is 5.75 Å². The highest BCUT2D eigenvalue weighted by atomic mass is 16.6. The average Bonchev–Trinajstić information content (AvgIpc) is 2.94. The van der Waals surface area contributed by atoms with Gasteiger partial charge in [-0.15, -0.1) is 0 Å². The van der Waals surface area contributed by atoms with Crippen LogP contribution in [0.3, 0.4) is 0 Å². The van der Waals surface area contributed by atoms with Crippen LogP contribution in [0.1, 0.15) is 37.3 Å². The standard InChI is InChI=1S/C24H31N3O4.C7H8/c1-20(12-15-25-23(29)31-22-10-6-3-7-11-22)26-24(13-16-30-17-14-24)27(19-28)18-21-8-4-2-5-9-21;1-7-5-3-2-4-6-7/h2-11,19-20,26H,12-18H2,1H3,(H,25,29);2-6H,1H3/t20-;/m1./s1. The summed E-state index contributed by atoms with van der Waals surface area (Å²) in [7, 11) is 0. The number of para-hydroxylation sites is 1. The Morgan fingerprint density at radius 1 is 0.974 bits per heavy atom. The van der Waals surface area contributed by atoms with Crippen molar-refractivity contribution in [2.75, 3.05) is 19.8 Å². The molecule has 38 heavy (non-hydrogen) atoms. The third-order valence-corrected chi connectivity index (χ3v) is 6.45. The summed E-state index contributed by atoms with van der Waals surface area (Å²) in [6, 6.07) is 29.3. The van der Waals surface area contributed by atoms with Gasteiger partial charge >= 0.3 is 6.09 Å².